The molecule has 0 aliphatic heterocycles. The number of thiophene rings is 1. The molecular formula is C14H15NO2S. The van der Waals surface area contributed by atoms with Crippen LogP contribution in [-0.2, 0) is 6.42 Å². The van der Waals surface area contributed by atoms with Gasteiger partial charge in [0, 0.05) is 12.0 Å². The molecule has 0 aliphatic carbocycles. The Balaban J connectivity index is 1.98. The molecule has 0 radical (unpaired) electrons. The molecular weight excluding hydrogens is 246 g/mol. The summed E-state index contributed by atoms with van der Waals surface area (Å²) in [6.07, 6.45) is 0.864. The summed E-state index contributed by atoms with van der Waals surface area (Å²) in [6, 6.07) is 7.43. The summed E-state index contributed by atoms with van der Waals surface area (Å²) in [6.45, 7) is 2.51. The molecule has 2 aromatic rings. The van der Waals surface area contributed by atoms with Gasteiger partial charge >= 0.3 is 0 Å². The highest BCUT2D eigenvalue weighted by atomic mass is 32.1. The molecule has 1 heterocycles. The van der Waals surface area contributed by atoms with Crippen LogP contribution < -0.4 is 10.5 Å². The van der Waals surface area contributed by atoms with Crippen LogP contribution in [0.5, 0.6) is 5.75 Å². The topological polar surface area (TPSA) is 52.3 Å². The summed E-state index contributed by atoms with van der Waals surface area (Å²) in [5.41, 5.74) is 7.99. The lowest BCUT2D eigenvalue weighted by Gasteiger charge is -2.08. The van der Waals surface area contributed by atoms with E-state index < -0.39 is 5.91 Å². The number of ether oxygens (including phenoxy) is 1. The number of primary amides is 1. The third-order valence-corrected chi connectivity index (χ3v) is 3.31. The van der Waals surface area contributed by atoms with Crippen LogP contribution in [0, 0.1) is 6.92 Å². The molecule has 2 rings (SSSR count). The fourth-order valence-electron chi connectivity index (χ4n) is 1.70. The van der Waals surface area contributed by atoms with Crippen LogP contribution in [0.25, 0.3) is 0 Å². The third kappa shape index (κ3) is 3.34. The number of benzene rings is 1. The maximum Gasteiger partial charge on any atom is 0.248 e. The Labute approximate surface area is 110 Å². The highest BCUT2D eigenvalue weighted by Crippen LogP contribution is 2.17. The van der Waals surface area contributed by atoms with Crippen molar-refractivity contribution in [2.75, 3.05) is 6.61 Å². The van der Waals surface area contributed by atoms with E-state index in [1.165, 1.54) is 5.56 Å². The molecule has 3 nitrogen and oxygen atoms in total. The van der Waals surface area contributed by atoms with Crippen molar-refractivity contribution in [3.8, 4) is 5.75 Å². The van der Waals surface area contributed by atoms with Crippen LogP contribution in [0.1, 0.15) is 21.5 Å². The molecule has 2 N–H and O–H groups in total. The predicted molar refractivity (Wildman–Crippen MR) is 73.2 cm³/mol. The Morgan fingerprint density at radius 2 is 2.22 bits per heavy atom. The maximum atomic E-state index is 11.1. The van der Waals surface area contributed by atoms with Gasteiger partial charge in [0.15, 0.2) is 0 Å². The van der Waals surface area contributed by atoms with E-state index in [2.05, 4.69) is 11.4 Å². The van der Waals surface area contributed by atoms with Gasteiger partial charge in [-0.3, -0.25) is 4.79 Å². The molecule has 0 aliphatic rings. The zero-order valence-electron chi connectivity index (χ0n) is 10.2. The summed E-state index contributed by atoms with van der Waals surface area (Å²) in [7, 11) is 0. The van der Waals surface area contributed by atoms with Gasteiger partial charge in [0.2, 0.25) is 5.91 Å². The van der Waals surface area contributed by atoms with E-state index in [1.807, 2.05) is 18.4 Å². The van der Waals surface area contributed by atoms with E-state index >= 15 is 0 Å². The quantitative estimate of drug-likeness (QED) is 0.899. The van der Waals surface area contributed by atoms with Crippen LogP contribution in [0.4, 0.5) is 0 Å². The lowest BCUT2D eigenvalue weighted by Crippen LogP contribution is -2.11. The second-order valence-corrected chi connectivity index (χ2v) is 4.91. The smallest absolute Gasteiger partial charge is 0.248 e. The molecule has 1 amide bonds. The second kappa shape index (κ2) is 5.69. The molecule has 18 heavy (non-hydrogen) atoms. The lowest BCUT2D eigenvalue weighted by atomic mass is 10.1. The Bertz CT molecular complexity index is 535. The summed E-state index contributed by atoms with van der Waals surface area (Å²) in [5.74, 6) is 0.264. The largest absolute Gasteiger partial charge is 0.493 e. The van der Waals surface area contributed by atoms with Gasteiger partial charge < -0.3 is 10.5 Å². The van der Waals surface area contributed by atoms with Gasteiger partial charge in [-0.1, -0.05) is 0 Å². The standard InChI is InChI=1S/C14H15NO2S/c1-10-6-12(14(15)16)8-13(7-10)17-4-2-11-3-5-18-9-11/h3,5-9H,2,4H2,1H3,(H2,15,16). The number of amides is 1. The first-order valence-electron chi connectivity index (χ1n) is 5.70. The first-order chi connectivity index (χ1) is 8.65. The van der Waals surface area contributed by atoms with Crippen LogP contribution in [0.3, 0.4) is 0 Å². The first-order valence-corrected chi connectivity index (χ1v) is 6.65. The molecule has 0 atom stereocenters. The summed E-state index contributed by atoms with van der Waals surface area (Å²) in [5, 5.41) is 4.15. The minimum Gasteiger partial charge on any atom is -0.493 e. The SMILES string of the molecule is Cc1cc(OCCc2ccsc2)cc(C(N)=O)c1. The summed E-state index contributed by atoms with van der Waals surface area (Å²) >= 11 is 1.68. The van der Waals surface area contributed by atoms with Gasteiger partial charge in [0.1, 0.15) is 5.75 Å². The number of nitrogens with two attached hydrogens (primary N) is 1. The molecule has 0 bridgehead atoms. The van der Waals surface area contributed by atoms with Crippen molar-refractivity contribution in [3.63, 3.8) is 0 Å². The zero-order valence-corrected chi connectivity index (χ0v) is 11.0. The molecule has 4 heteroatoms. The van der Waals surface area contributed by atoms with Crippen molar-refractivity contribution in [1.29, 1.82) is 0 Å². The molecule has 0 saturated carbocycles. The number of carbonyl (C=O) groups excluding carboxylic acids is 1. The highest BCUT2D eigenvalue weighted by Gasteiger charge is 2.04. The second-order valence-electron chi connectivity index (χ2n) is 4.13. The van der Waals surface area contributed by atoms with Crippen molar-refractivity contribution >= 4 is 17.2 Å². The van der Waals surface area contributed by atoms with E-state index in [4.69, 9.17) is 10.5 Å². The Morgan fingerprint density at radius 1 is 1.39 bits per heavy atom. The minimum atomic E-state index is -0.429. The number of hydrogen-bond donors (Lipinski definition) is 1. The van der Waals surface area contributed by atoms with E-state index in [1.54, 1.807) is 23.5 Å². The Kier molecular flexibility index (Phi) is 3.99. The van der Waals surface area contributed by atoms with Gasteiger partial charge in [-0.15, -0.1) is 0 Å². The fourth-order valence-corrected chi connectivity index (χ4v) is 2.40. The van der Waals surface area contributed by atoms with E-state index in [-0.39, 0.29) is 0 Å². The number of aryl methyl sites for hydroxylation is 1. The number of rotatable bonds is 5. The zero-order chi connectivity index (χ0) is 13.0. The van der Waals surface area contributed by atoms with Crippen molar-refractivity contribution < 1.29 is 9.53 Å². The van der Waals surface area contributed by atoms with Gasteiger partial charge in [-0.25, -0.2) is 0 Å². The summed E-state index contributed by atoms with van der Waals surface area (Å²) < 4.78 is 5.65. The molecule has 0 fully saturated rings. The van der Waals surface area contributed by atoms with Crippen LogP contribution in [-0.4, -0.2) is 12.5 Å². The van der Waals surface area contributed by atoms with E-state index in [9.17, 15) is 4.79 Å². The average Bonchev–Trinajstić information content (AvgIpc) is 2.81. The van der Waals surface area contributed by atoms with Gasteiger partial charge in [-0.05, 0) is 53.1 Å². The Morgan fingerprint density at radius 3 is 2.89 bits per heavy atom. The van der Waals surface area contributed by atoms with Crippen LogP contribution in [0.2, 0.25) is 0 Å². The molecule has 1 aromatic carbocycles. The average molecular weight is 261 g/mol. The first kappa shape index (κ1) is 12.6. The van der Waals surface area contributed by atoms with Crippen molar-refractivity contribution in [3.05, 3.63) is 51.7 Å². The van der Waals surface area contributed by atoms with Crippen LogP contribution >= 0.6 is 11.3 Å². The van der Waals surface area contributed by atoms with E-state index in [0.717, 1.165) is 12.0 Å². The minimum absolute atomic E-state index is 0.429. The molecule has 0 saturated heterocycles. The van der Waals surface area contributed by atoms with Crippen molar-refractivity contribution in [2.24, 2.45) is 5.73 Å². The highest BCUT2D eigenvalue weighted by molar-refractivity contribution is 7.07. The molecule has 0 unspecified atom stereocenters. The monoisotopic (exact) mass is 261 g/mol. The van der Waals surface area contributed by atoms with Crippen molar-refractivity contribution in [1.82, 2.24) is 0 Å². The van der Waals surface area contributed by atoms with Gasteiger partial charge in [0.05, 0.1) is 6.61 Å². The predicted octanol–water partition coefficient (Wildman–Crippen LogP) is 2.78. The van der Waals surface area contributed by atoms with Crippen molar-refractivity contribution in [2.45, 2.75) is 13.3 Å². The number of carbonyl (C=O) groups is 1. The number of hydrogen-bond acceptors (Lipinski definition) is 3. The maximum absolute atomic E-state index is 11.1. The normalized spacial score (nSPS) is 10.3. The summed E-state index contributed by atoms with van der Waals surface area (Å²) in [4.78, 5) is 11.1. The van der Waals surface area contributed by atoms with Gasteiger partial charge in [0.25, 0.3) is 0 Å². The van der Waals surface area contributed by atoms with E-state index in [0.29, 0.717) is 17.9 Å². The third-order valence-electron chi connectivity index (χ3n) is 2.57. The molecule has 1 aromatic heterocycles. The van der Waals surface area contributed by atoms with Gasteiger partial charge in [-0.2, -0.15) is 11.3 Å². The lowest BCUT2D eigenvalue weighted by molar-refractivity contribution is 0.0999. The van der Waals surface area contributed by atoms with Crippen LogP contribution in [0.15, 0.2) is 35.0 Å². The Hall–Kier alpha value is -1.81. The fraction of sp³-hybridized carbons (Fsp3) is 0.214. The molecule has 0 spiro atoms. The molecule has 94 valence electrons.